The van der Waals surface area contributed by atoms with E-state index < -0.39 is 0 Å². The van der Waals surface area contributed by atoms with E-state index in [2.05, 4.69) is 34.8 Å². The molecule has 5 nitrogen and oxygen atoms in total. The fraction of sp³-hybridized carbons (Fsp3) is 0.438. The third-order valence-corrected chi connectivity index (χ3v) is 4.76. The molecule has 1 saturated carbocycles. The molecular formula is C16H22N4O. The van der Waals surface area contributed by atoms with Crippen LogP contribution in [0.4, 0.5) is 0 Å². The van der Waals surface area contributed by atoms with Gasteiger partial charge in [-0.15, -0.1) is 0 Å². The van der Waals surface area contributed by atoms with Crippen molar-refractivity contribution < 1.29 is 4.74 Å². The van der Waals surface area contributed by atoms with Gasteiger partial charge in [-0.05, 0) is 18.4 Å². The molecule has 1 aromatic heterocycles. The van der Waals surface area contributed by atoms with Crippen LogP contribution in [0.25, 0.3) is 0 Å². The second-order valence-electron chi connectivity index (χ2n) is 5.70. The number of nitrogens with two attached hydrogens (primary N) is 1. The largest absolute Gasteiger partial charge is 0.493 e. The van der Waals surface area contributed by atoms with Crippen LogP contribution in [0, 0.1) is 0 Å². The molecule has 0 aliphatic heterocycles. The van der Waals surface area contributed by atoms with Crippen molar-refractivity contribution in [2.75, 3.05) is 7.11 Å². The summed E-state index contributed by atoms with van der Waals surface area (Å²) in [6.45, 7) is 0. The molecule has 112 valence electrons. The van der Waals surface area contributed by atoms with Gasteiger partial charge in [0, 0.05) is 12.5 Å². The highest BCUT2D eigenvalue weighted by molar-refractivity contribution is 5.38. The molecule has 1 aliphatic rings. The molecule has 0 saturated heterocycles. The SMILES string of the molecule is COc1cnn(C)c1C(NN)C1(c2ccccc2)CCC1. The van der Waals surface area contributed by atoms with Gasteiger partial charge in [-0.2, -0.15) is 5.10 Å². The van der Waals surface area contributed by atoms with Crippen LogP contribution in [0.15, 0.2) is 36.5 Å². The standard InChI is InChI=1S/C16H22N4O/c1-20-14(13(21-2)11-18-20)15(19-17)16(9-6-10-16)12-7-4-3-5-8-12/h3-5,7-8,11,15,19H,6,9-10,17H2,1-2H3. The van der Waals surface area contributed by atoms with Crippen LogP contribution in [-0.4, -0.2) is 16.9 Å². The quantitative estimate of drug-likeness (QED) is 0.652. The third-order valence-electron chi connectivity index (χ3n) is 4.76. The van der Waals surface area contributed by atoms with Crippen LogP contribution in [-0.2, 0) is 12.5 Å². The van der Waals surface area contributed by atoms with Gasteiger partial charge in [-0.25, -0.2) is 0 Å². The second-order valence-corrected chi connectivity index (χ2v) is 5.70. The first-order valence-electron chi connectivity index (χ1n) is 7.30. The molecule has 1 atom stereocenters. The molecule has 2 aromatic rings. The summed E-state index contributed by atoms with van der Waals surface area (Å²) in [4.78, 5) is 0. The Morgan fingerprint density at radius 3 is 2.57 bits per heavy atom. The molecule has 3 rings (SSSR count). The van der Waals surface area contributed by atoms with Gasteiger partial charge in [0.25, 0.3) is 0 Å². The van der Waals surface area contributed by atoms with E-state index in [4.69, 9.17) is 10.6 Å². The van der Waals surface area contributed by atoms with Crippen molar-refractivity contribution in [1.82, 2.24) is 15.2 Å². The Bertz CT molecular complexity index is 604. The number of hydrogen-bond donors (Lipinski definition) is 2. The van der Waals surface area contributed by atoms with E-state index in [1.54, 1.807) is 13.3 Å². The highest BCUT2D eigenvalue weighted by Gasteiger charge is 2.47. The van der Waals surface area contributed by atoms with Crippen molar-refractivity contribution in [2.45, 2.75) is 30.7 Å². The highest BCUT2D eigenvalue weighted by Crippen LogP contribution is 2.52. The molecule has 0 spiro atoms. The maximum absolute atomic E-state index is 5.94. The minimum Gasteiger partial charge on any atom is -0.493 e. The fourth-order valence-electron chi connectivity index (χ4n) is 3.49. The minimum absolute atomic E-state index is 0.0110. The van der Waals surface area contributed by atoms with Crippen LogP contribution in [0.3, 0.4) is 0 Å². The third kappa shape index (κ3) is 2.13. The summed E-state index contributed by atoms with van der Waals surface area (Å²) >= 11 is 0. The van der Waals surface area contributed by atoms with E-state index in [-0.39, 0.29) is 11.5 Å². The summed E-state index contributed by atoms with van der Waals surface area (Å²) in [6, 6.07) is 10.6. The molecule has 0 bridgehead atoms. The Labute approximate surface area is 125 Å². The fourth-order valence-corrected chi connectivity index (χ4v) is 3.49. The zero-order chi connectivity index (χ0) is 14.9. The topological polar surface area (TPSA) is 65.1 Å². The summed E-state index contributed by atoms with van der Waals surface area (Å²) in [5.74, 6) is 6.72. The summed E-state index contributed by atoms with van der Waals surface area (Å²) < 4.78 is 7.32. The number of rotatable bonds is 5. The van der Waals surface area contributed by atoms with Crippen LogP contribution in [0.1, 0.15) is 36.6 Å². The van der Waals surface area contributed by atoms with E-state index >= 15 is 0 Å². The number of nitrogens with one attached hydrogen (secondary N) is 1. The first-order valence-corrected chi connectivity index (χ1v) is 7.30. The van der Waals surface area contributed by atoms with Gasteiger partial charge in [0.1, 0.15) is 0 Å². The van der Waals surface area contributed by atoms with E-state index in [0.29, 0.717) is 0 Å². The molecule has 1 heterocycles. The van der Waals surface area contributed by atoms with Crippen molar-refractivity contribution in [3.63, 3.8) is 0 Å². The van der Waals surface area contributed by atoms with E-state index in [1.165, 1.54) is 12.0 Å². The van der Waals surface area contributed by atoms with Crippen LogP contribution < -0.4 is 16.0 Å². The molecule has 0 amide bonds. The Morgan fingerprint density at radius 1 is 1.33 bits per heavy atom. The number of ether oxygens (including phenoxy) is 1. The van der Waals surface area contributed by atoms with Gasteiger partial charge in [-0.1, -0.05) is 36.8 Å². The number of nitrogens with zero attached hydrogens (tertiary/aromatic N) is 2. The number of methoxy groups -OCH3 is 1. The second kappa shape index (κ2) is 5.50. The zero-order valence-electron chi connectivity index (χ0n) is 12.5. The smallest absolute Gasteiger partial charge is 0.161 e. The molecule has 1 aliphatic carbocycles. The lowest BCUT2D eigenvalue weighted by molar-refractivity contribution is 0.161. The normalized spacial score (nSPS) is 18.0. The average molecular weight is 286 g/mol. The lowest BCUT2D eigenvalue weighted by Gasteiger charge is -2.48. The average Bonchev–Trinajstić information content (AvgIpc) is 2.84. The van der Waals surface area contributed by atoms with E-state index in [0.717, 1.165) is 24.3 Å². The predicted molar refractivity (Wildman–Crippen MR) is 81.8 cm³/mol. The lowest BCUT2D eigenvalue weighted by atomic mass is 9.59. The molecule has 1 aromatic carbocycles. The molecule has 1 fully saturated rings. The number of hydrogen-bond acceptors (Lipinski definition) is 4. The number of hydrazine groups is 1. The summed E-state index contributed by atoms with van der Waals surface area (Å²) in [7, 11) is 3.60. The molecule has 5 heteroatoms. The van der Waals surface area contributed by atoms with Gasteiger partial charge >= 0.3 is 0 Å². The summed E-state index contributed by atoms with van der Waals surface area (Å²) in [6.07, 6.45) is 5.19. The number of aryl methyl sites for hydroxylation is 1. The van der Waals surface area contributed by atoms with E-state index in [1.807, 2.05) is 17.8 Å². The maximum Gasteiger partial charge on any atom is 0.161 e. The Morgan fingerprint density at radius 2 is 2.05 bits per heavy atom. The summed E-state index contributed by atoms with van der Waals surface area (Å²) in [5, 5.41) is 4.32. The van der Waals surface area contributed by atoms with Crippen molar-refractivity contribution in [3.05, 3.63) is 47.8 Å². The van der Waals surface area contributed by atoms with Crippen molar-refractivity contribution >= 4 is 0 Å². The van der Waals surface area contributed by atoms with Crippen LogP contribution in [0.2, 0.25) is 0 Å². The van der Waals surface area contributed by atoms with Gasteiger partial charge < -0.3 is 4.74 Å². The van der Waals surface area contributed by atoms with Crippen molar-refractivity contribution in [1.29, 1.82) is 0 Å². The first kappa shape index (κ1) is 14.1. The van der Waals surface area contributed by atoms with Crippen molar-refractivity contribution in [3.8, 4) is 5.75 Å². The van der Waals surface area contributed by atoms with Crippen molar-refractivity contribution in [2.24, 2.45) is 12.9 Å². The van der Waals surface area contributed by atoms with Gasteiger partial charge in [-0.3, -0.25) is 16.0 Å². The maximum atomic E-state index is 5.94. The lowest BCUT2D eigenvalue weighted by Crippen LogP contribution is -2.49. The zero-order valence-corrected chi connectivity index (χ0v) is 12.5. The summed E-state index contributed by atoms with van der Waals surface area (Å²) in [5.41, 5.74) is 5.36. The monoisotopic (exact) mass is 286 g/mol. The molecule has 1 unspecified atom stereocenters. The van der Waals surface area contributed by atoms with Crippen LogP contribution in [0.5, 0.6) is 5.75 Å². The van der Waals surface area contributed by atoms with Gasteiger partial charge in [0.15, 0.2) is 5.75 Å². The molecule has 21 heavy (non-hydrogen) atoms. The minimum atomic E-state index is -0.0175. The Balaban J connectivity index is 2.08. The molecule has 0 radical (unpaired) electrons. The first-order chi connectivity index (χ1) is 10.2. The van der Waals surface area contributed by atoms with Gasteiger partial charge in [0.2, 0.25) is 0 Å². The highest BCUT2D eigenvalue weighted by atomic mass is 16.5. The Hall–Kier alpha value is -1.85. The number of benzene rings is 1. The van der Waals surface area contributed by atoms with E-state index in [9.17, 15) is 0 Å². The molecule has 3 N–H and O–H groups in total. The molecular weight excluding hydrogens is 264 g/mol. The Kier molecular flexibility index (Phi) is 3.69. The van der Waals surface area contributed by atoms with Crippen LogP contribution >= 0.6 is 0 Å². The van der Waals surface area contributed by atoms with Gasteiger partial charge in [0.05, 0.1) is 25.0 Å². The predicted octanol–water partition coefficient (Wildman–Crippen LogP) is 2.05. The number of aromatic nitrogens is 2.